The molecule has 2 heterocycles. The molecule has 1 fully saturated rings. The van der Waals surface area contributed by atoms with Crippen LogP contribution in [0.15, 0.2) is 60.9 Å². The largest absolute Gasteiger partial charge is 0.489 e. The maximum absolute atomic E-state index is 13.7. The lowest BCUT2D eigenvalue weighted by molar-refractivity contribution is -0.137. The van der Waals surface area contributed by atoms with Crippen molar-refractivity contribution in [1.29, 1.82) is 0 Å². The Morgan fingerprint density at radius 2 is 1.78 bits per heavy atom. The number of benzene rings is 2. The summed E-state index contributed by atoms with van der Waals surface area (Å²) >= 11 is 7.84. The fraction of sp³-hybridized carbons (Fsp3) is 0.485. The van der Waals surface area contributed by atoms with Crippen molar-refractivity contribution < 1.29 is 27.4 Å². The minimum Gasteiger partial charge on any atom is -0.489 e. The van der Waals surface area contributed by atoms with Crippen molar-refractivity contribution in [1.82, 2.24) is 14.9 Å². The van der Waals surface area contributed by atoms with Gasteiger partial charge in [0.1, 0.15) is 0 Å². The number of thioether (sulfide) groups is 1. The van der Waals surface area contributed by atoms with E-state index in [1.54, 1.807) is 24.2 Å². The Balaban J connectivity index is 1.73. The molecule has 0 saturated carbocycles. The van der Waals surface area contributed by atoms with Crippen molar-refractivity contribution in [3.63, 3.8) is 0 Å². The van der Waals surface area contributed by atoms with Gasteiger partial charge in [0.05, 0.1) is 30.7 Å². The van der Waals surface area contributed by atoms with Gasteiger partial charge in [0, 0.05) is 35.4 Å². The Kier molecular flexibility index (Phi) is 12.2. The molecule has 0 bridgehead atoms. The maximum Gasteiger partial charge on any atom is 0.416 e. The fourth-order valence-electron chi connectivity index (χ4n) is 5.74. The third kappa shape index (κ3) is 9.66. The van der Waals surface area contributed by atoms with Gasteiger partial charge in [0.2, 0.25) is 5.95 Å². The number of carbonyl (C=O) groups excluding carboxylic acids is 1. The molecule has 0 unspecified atom stereocenters. The number of nitrogens with zero attached hydrogens (tertiary/aromatic N) is 4. The van der Waals surface area contributed by atoms with Crippen molar-refractivity contribution in [2.24, 2.45) is 0 Å². The highest BCUT2D eigenvalue weighted by molar-refractivity contribution is 7.98. The SMILES string of the molecule is CC[C@@H]1C[C@H](N(Cc2cc(Cl)cc(C(F)(F)F)c2)c2ncc(OCCSC)cn2)C[C@H](Cc2ccccc2)N1C(=O)OC(C)C. The Bertz CT molecular complexity index is 1380. The van der Waals surface area contributed by atoms with E-state index in [9.17, 15) is 18.0 Å². The first kappa shape index (κ1) is 34.7. The van der Waals surface area contributed by atoms with Crippen molar-refractivity contribution >= 4 is 35.4 Å². The molecule has 1 aliphatic heterocycles. The number of amides is 1. The van der Waals surface area contributed by atoms with Gasteiger partial charge < -0.3 is 19.3 Å². The van der Waals surface area contributed by atoms with E-state index in [-0.39, 0.29) is 41.9 Å². The number of ether oxygens (including phenoxy) is 2. The maximum atomic E-state index is 13.7. The van der Waals surface area contributed by atoms with Gasteiger partial charge in [0.25, 0.3) is 0 Å². The van der Waals surface area contributed by atoms with Crippen LogP contribution in [0.1, 0.15) is 56.7 Å². The van der Waals surface area contributed by atoms with Gasteiger partial charge in [-0.3, -0.25) is 0 Å². The van der Waals surface area contributed by atoms with E-state index in [0.29, 0.717) is 49.6 Å². The van der Waals surface area contributed by atoms with Crippen molar-refractivity contribution in [3.8, 4) is 5.75 Å². The molecule has 1 aromatic heterocycles. The van der Waals surface area contributed by atoms with E-state index in [0.717, 1.165) is 23.4 Å². The molecule has 0 spiro atoms. The zero-order valence-electron chi connectivity index (χ0n) is 26.0. The molecule has 1 amide bonds. The summed E-state index contributed by atoms with van der Waals surface area (Å²) < 4.78 is 52.6. The van der Waals surface area contributed by atoms with Gasteiger partial charge in [-0.2, -0.15) is 24.9 Å². The first-order valence-electron chi connectivity index (χ1n) is 15.1. The monoisotopic (exact) mass is 664 g/mol. The topological polar surface area (TPSA) is 67.8 Å². The number of alkyl halides is 3. The number of hydrogen-bond acceptors (Lipinski definition) is 7. The van der Waals surface area contributed by atoms with Crippen LogP contribution in [0.4, 0.5) is 23.9 Å². The second-order valence-electron chi connectivity index (χ2n) is 11.4. The zero-order chi connectivity index (χ0) is 32.6. The average Bonchev–Trinajstić information content (AvgIpc) is 2.99. The van der Waals surface area contributed by atoms with E-state index in [1.807, 2.05) is 67.2 Å². The summed E-state index contributed by atoms with van der Waals surface area (Å²) in [4.78, 5) is 26.4. The van der Waals surface area contributed by atoms with Crippen LogP contribution in [0.25, 0.3) is 0 Å². The molecule has 7 nitrogen and oxygen atoms in total. The number of halogens is 4. The molecule has 0 radical (unpaired) electrons. The van der Waals surface area contributed by atoms with Gasteiger partial charge in [-0.05, 0) is 75.1 Å². The average molecular weight is 665 g/mol. The summed E-state index contributed by atoms with van der Waals surface area (Å²) in [5.74, 6) is 1.68. The molecular formula is C33H40ClF3N4O3S. The normalized spacial score (nSPS) is 18.6. The van der Waals surface area contributed by atoms with Crippen LogP contribution in [0, 0.1) is 0 Å². The summed E-state index contributed by atoms with van der Waals surface area (Å²) in [7, 11) is 0. The standard InChI is InChI=1S/C33H40ClF3N4O3S/c1-5-27-17-28(18-29(15-23-9-7-6-8-10-23)41(27)32(42)44-22(2)3)40(31-38-19-30(20-39-31)43-11-12-45-4)21-24-13-25(33(35,36)37)16-26(34)14-24/h6-10,13-14,16,19-20,22,27-29H,5,11-12,15,17-18,21H2,1-4H3/t27-,28+,29+/m1/s1. The second-order valence-corrected chi connectivity index (χ2v) is 12.8. The summed E-state index contributed by atoms with van der Waals surface area (Å²) in [5.41, 5.74) is 0.635. The predicted molar refractivity (Wildman–Crippen MR) is 173 cm³/mol. The highest BCUT2D eigenvalue weighted by Crippen LogP contribution is 2.36. The number of anilines is 1. The van der Waals surface area contributed by atoms with E-state index in [2.05, 4.69) is 9.97 Å². The number of hydrogen-bond donors (Lipinski definition) is 0. The third-order valence-electron chi connectivity index (χ3n) is 7.71. The molecule has 3 atom stereocenters. The highest BCUT2D eigenvalue weighted by atomic mass is 35.5. The van der Waals surface area contributed by atoms with Crippen LogP contribution in [-0.2, 0) is 23.9 Å². The quantitative estimate of drug-likeness (QED) is 0.181. The van der Waals surface area contributed by atoms with Crippen LogP contribution < -0.4 is 9.64 Å². The molecule has 12 heteroatoms. The van der Waals surface area contributed by atoms with E-state index >= 15 is 0 Å². The number of aromatic nitrogens is 2. The second kappa shape index (κ2) is 15.9. The minimum absolute atomic E-state index is 0.00197. The summed E-state index contributed by atoms with van der Waals surface area (Å²) in [6.07, 6.45) is 2.31. The van der Waals surface area contributed by atoms with Gasteiger partial charge in [-0.15, -0.1) is 0 Å². The number of piperidine rings is 1. The van der Waals surface area contributed by atoms with Crippen molar-refractivity contribution in [3.05, 3.63) is 82.6 Å². The Morgan fingerprint density at radius 1 is 1.09 bits per heavy atom. The van der Waals surface area contributed by atoms with Crippen LogP contribution in [-0.4, -0.2) is 63.8 Å². The van der Waals surface area contributed by atoms with Crippen LogP contribution in [0.2, 0.25) is 5.02 Å². The predicted octanol–water partition coefficient (Wildman–Crippen LogP) is 8.30. The van der Waals surface area contributed by atoms with Gasteiger partial charge >= 0.3 is 12.3 Å². The van der Waals surface area contributed by atoms with Crippen LogP contribution in [0.5, 0.6) is 5.75 Å². The Labute approximate surface area is 272 Å². The Hall–Kier alpha value is -3.18. The molecule has 3 aromatic rings. The van der Waals surface area contributed by atoms with Crippen LogP contribution in [0.3, 0.4) is 0 Å². The van der Waals surface area contributed by atoms with Gasteiger partial charge in [-0.1, -0.05) is 48.9 Å². The lowest BCUT2D eigenvalue weighted by atomic mass is 9.86. The fourth-order valence-corrected chi connectivity index (χ4v) is 6.24. The zero-order valence-corrected chi connectivity index (χ0v) is 27.5. The van der Waals surface area contributed by atoms with E-state index in [1.165, 1.54) is 6.07 Å². The van der Waals surface area contributed by atoms with Crippen molar-refractivity contribution in [2.45, 2.75) is 83.4 Å². The smallest absolute Gasteiger partial charge is 0.416 e. The summed E-state index contributed by atoms with van der Waals surface area (Å²) in [5, 5.41) is -0.00197. The highest BCUT2D eigenvalue weighted by Gasteiger charge is 2.41. The molecular weight excluding hydrogens is 625 g/mol. The summed E-state index contributed by atoms with van der Waals surface area (Å²) in [6.45, 7) is 6.26. The molecule has 0 aliphatic carbocycles. The van der Waals surface area contributed by atoms with Crippen molar-refractivity contribution in [2.75, 3.05) is 23.5 Å². The molecule has 2 aromatic carbocycles. The molecule has 1 aliphatic rings. The Morgan fingerprint density at radius 3 is 2.40 bits per heavy atom. The van der Waals surface area contributed by atoms with E-state index < -0.39 is 11.7 Å². The molecule has 244 valence electrons. The summed E-state index contributed by atoms with van der Waals surface area (Å²) in [6, 6.07) is 12.9. The first-order valence-corrected chi connectivity index (χ1v) is 16.9. The molecule has 0 N–H and O–H groups in total. The van der Waals surface area contributed by atoms with Gasteiger partial charge in [0.15, 0.2) is 5.75 Å². The lowest BCUT2D eigenvalue weighted by Gasteiger charge is -2.47. The molecule has 45 heavy (non-hydrogen) atoms. The van der Waals surface area contributed by atoms with Gasteiger partial charge in [-0.25, -0.2) is 14.8 Å². The first-order chi connectivity index (χ1) is 21.5. The van der Waals surface area contributed by atoms with Crippen LogP contribution >= 0.6 is 23.4 Å². The minimum atomic E-state index is -4.55. The number of likely N-dealkylation sites (tertiary alicyclic amines) is 1. The lowest BCUT2D eigenvalue weighted by Crippen LogP contribution is -2.58. The molecule has 1 saturated heterocycles. The third-order valence-corrected chi connectivity index (χ3v) is 8.51. The van der Waals surface area contributed by atoms with E-state index in [4.69, 9.17) is 21.1 Å². The number of rotatable bonds is 12. The molecule has 4 rings (SSSR count). The number of carbonyl (C=O) groups is 1.